The van der Waals surface area contributed by atoms with Crippen LogP contribution in [0.1, 0.15) is 37.9 Å². The van der Waals surface area contributed by atoms with E-state index in [-0.39, 0.29) is 11.2 Å². The predicted molar refractivity (Wildman–Crippen MR) is 73.6 cm³/mol. The summed E-state index contributed by atoms with van der Waals surface area (Å²) in [5.41, 5.74) is 0. The smallest absolute Gasteiger partial charge is 0.150 e. The van der Waals surface area contributed by atoms with Crippen LogP contribution in [0.25, 0.3) is 0 Å². The zero-order valence-corrected chi connectivity index (χ0v) is 12.1. The van der Waals surface area contributed by atoms with Crippen molar-refractivity contribution in [1.82, 2.24) is 0 Å². The summed E-state index contributed by atoms with van der Waals surface area (Å²) in [4.78, 5) is 0. The fourth-order valence-corrected chi connectivity index (χ4v) is 4.09. The lowest BCUT2D eigenvalue weighted by Crippen LogP contribution is -2.33. The van der Waals surface area contributed by atoms with Gasteiger partial charge in [-0.1, -0.05) is 6.42 Å². The van der Waals surface area contributed by atoms with Gasteiger partial charge in [-0.15, -0.1) is 0 Å². The third kappa shape index (κ3) is 4.08. The Hall–Kier alpha value is -0.810. The molecule has 1 saturated carbocycles. The van der Waals surface area contributed by atoms with Gasteiger partial charge in [0.1, 0.15) is 15.6 Å². The maximum absolute atomic E-state index is 11.6. The molecule has 1 aromatic rings. The molecule has 3 atom stereocenters. The average molecular weight is 286 g/mol. The topological polar surface area (TPSA) is 67.5 Å². The molecule has 1 aromatic heterocycles. The normalized spacial score (nSPS) is 26.2. The lowest BCUT2D eigenvalue weighted by molar-refractivity contribution is 0.0771. The summed E-state index contributed by atoms with van der Waals surface area (Å²) in [5.74, 6) is 0.970. The highest BCUT2D eigenvalue weighted by molar-refractivity contribution is 7.91. The van der Waals surface area contributed by atoms with Gasteiger partial charge in [0, 0.05) is 12.7 Å². The van der Waals surface area contributed by atoms with Crippen LogP contribution in [-0.2, 0) is 16.3 Å². The first-order chi connectivity index (χ1) is 8.97. The lowest BCUT2D eigenvalue weighted by Gasteiger charge is -2.31. The van der Waals surface area contributed by atoms with Gasteiger partial charge in [0.2, 0.25) is 0 Å². The minimum Gasteiger partial charge on any atom is -0.469 e. The van der Waals surface area contributed by atoms with Crippen molar-refractivity contribution in [2.24, 2.45) is 5.92 Å². The van der Waals surface area contributed by atoms with Crippen molar-refractivity contribution >= 4 is 9.84 Å². The van der Waals surface area contributed by atoms with E-state index in [4.69, 9.17) is 4.42 Å². The third-order valence-electron chi connectivity index (χ3n) is 4.08. The van der Waals surface area contributed by atoms with Gasteiger partial charge in [-0.05, 0) is 43.7 Å². The number of hydrogen-bond acceptors (Lipinski definition) is 4. The van der Waals surface area contributed by atoms with Crippen molar-refractivity contribution in [1.29, 1.82) is 0 Å². The molecule has 1 aliphatic rings. The van der Waals surface area contributed by atoms with Crippen LogP contribution in [0.4, 0.5) is 0 Å². The van der Waals surface area contributed by atoms with E-state index < -0.39 is 15.9 Å². The largest absolute Gasteiger partial charge is 0.469 e. The second-order valence-corrected chi connectivity index (χ2v) is 7.89. The molecule has 4 nitrogen and oxygen atoms in total. The number of aliphatic hydroxyl groups excluding tert-OH is 1. The van der Waals surface area contributed by atoms with Gasteiger partial charge in [-0.25, -0.2) is 8.42 Å². The maximum atomic E-state index is 11.6. The highest BCUT2D eigenvalue weighted by atomic mass is 32.2. The first kappa shape index (κ1) is 14.6. The minimum atomic E-state index is -2.98. The molecule has 0 spiro atoms. The van der Waals surface area contributed by atoms with E-state index in [0.717, 1.165) is 25.0 Å². The van der Waals surface area contributed by atoms with Crippen LogP contribution >= 0.6 is 0 Å². The van der Waals surface area contributed by atoms with Crippen molar-refractivity contribution in [3.8, 4) is 0 Å². The number of rotatable bonds is 5. The fourth-order valence-electron chi connectivity index (χ4n) is 2.90. The molecule has 0 bridgehead atoms. The van der Waals surface area contributed by atoms with Gasteiger partial charge >= 0.3 is 0 Å². The van der Waals surface area contributed by atoms with E-state index in [1.807, 2.05) is 12.1 Å². The number of furan rings is 1. The maximum Gasteiger partial charge on any atom is 0.150 e. The molecule has 1 fully saturated rings. The first-order valence-corrected chi connectivity index (χ1v) is 8.81. The summed E-state index contributed by atoms with van der Waals surface area (Å²) in [6.45, 7) is 0. The van der Waals surface area contributed by atoms with E-state index in [2.05, 4.69) is 0 Å². The number of sulfone groups is 1. The number of aliphatic hydroxyl groups is 1. The molecule has 5 heteroatoms. The van der Waals surface area contributed by atoms with Crippen molar-refractivity contribution in [3.63, 3.8) is 0 Å². The standard InChI is InChI=1S/C14H22O4S/c1-19(16,17)13-6-2-4-11(10-13)14(15)8-7-12-5-3-9-18-12/h3,5,9,11,13-15H,2,4,6-8,10H2,1H3. The highest BCUT2D eigenvalue weighted by Gasteiger charge is 2.32. The van der Waals surface area contributed by atoms with Gasteiger partial charge in [-0.3, -0.25) is 0 Å². The Bertz CT molecular complexity index is 478. The zero-order chi connectivity index (χ0) is 13.9. The molecule has 2 rings (SSSR count). The minimum absolute atomic E-state index is 0.100. The first-order valence-electron chi connectivity index (χ1n) is 6.86. The summed E-state index contributed by atoms with van der Waals surface area (Å²) in [7, 11) is -2.98. The number of hydrogen-bond donors (Lipinski definition) is 1. The van der Waals surface area contributed by atoms with Gasteiger partial charge in [0.15, 0.2) is 0 Å². The third-order valence-corrected chi connectivity index (χ3v) is 5.72. The molecule has 108 valence electrons. The summed E-state index contributed by atoms with van der Waals surface area (Å²) in [6.07, 6.45) is 6.97. The Labute approximate surface area is 114 Å². The van der Waals surface area contributed by atoms with Gasteiger partial charge in [-0.2, -0.15) is 0 Å². The molecule has 0 aliphatic heterocycles. The fraction of sp³-hybridized carbons (Fsp3) is 0.714. The second-order valence-electron chi connectivity index (χ2n) is 5.56. The molecule has 1 heterocycles. The van der Waals surface area contributed by atoms with Crippen molar-refractivity contribution < 1.29 is 17.9 Å². The quantitative estimate of drug-likeness (QED) is 0.901. The van der Waals surface area contributed by atoms with E-state index in [1.54, 1.807) is 6.26 Å². The Kier molecular flexibility index (Phi) is 4.68. The summed E-state index contributed by atoms with van der Waals surface area (Å²) < 4.78 is 28.4. The number of aryl methyl sites for hydroxylation is 1. The molecule has 0 radical (unpaired) electrons. The molecule has 1 N–H and O–H groups in total. The molecular formula is C14H22O4S. The molecule has 0 aromatic carbocycles. The van der Waals surface area contributed by atoms with Gasteiger partial charge in [0.05, 0.1) is 17.6 Å². The summed E-state index contributed by atoms with van der Waals surface area (Å²) in [6, 6.07) is 3.73. The van der Waals surface area contributed by atoms with E-state index in [1.165, 1.54) is 6.26 Å². The molecule has 0 saturated heterocycles. The Morgan fingerprint density at radius 3 is 2.89 bits per heavy atom. The molecule has 3 unspecified atom stereocenters. The predicted octanol–water partition coefficient (Wildman–Crippen LogP) is 2.18. The lowest BCUT2D eigenvalue weighted by atomic mass is 9.83. The zero-order valence-electron chi connectivity index (χ0n) is 11.3. The van der Waals surface area contributed by atoms with E-state index in [0.29, 0.717) is 19.3 Å². The van der Waals surface area contributed by atoms with Crippen molar-refractivity contribution in [2.75, 3.05) is 6.26 Å². The SMILES string of the molecule is CS(=O)(=O)C1CCCC(C(O)CCc2ccco2)C1. The Morgan fingerprint density at radius 2 is 2.26 bits per heavy atom. The van der Waals surface area contributed by atoms with E-state index in [9.17, 15) is 13.5 Å². The van der Waals surface area contributed by atoms with Crippen molar-refractivity contribution in [2.45, 2.75) is 49.9 Å². The van der Waals surface area contributed by atoms with Crippen LogP contribution < -0.4 is 0 Å². The Balaban J connectivity index is 1.86. The second kappa shape index (κ2) is 6.09. The highest BCUT2D eigenvalue weighted by Crippen LogP contribution is 2.32. The molecule has 1 aliphatic carbocycles. The van der Waals surface area contributed by atoms with Crippen molar-refractivity contribution in [3.05, 3.63) is 24.2 Å². The van der Waals surface area contributed by atoms with Gasteiger partial charge in [0.25, 0.3) is 0 Å². The molecule has 19 heavy (non-hydrogen) atoms. The molecule has 0 amide bonds. The summed E-state index contributed by atoms with van der Waals surface area (Å²) in [5, 5.41) is 9.95. The van der Waals surface area contributed by atoms with E-state index >= 15 is 0 Å². The van der Waals surface area contributed by atoms with Crippen LogP contribution in [0, 0.1) is 5.92 Å². The van der Waals surface area contributed by atoms with Gasteiger partial charge < -0.3 is 9.52 Å². The van der Waals surface area contributed by atoms with Crippen LogP contribution in [0.5, 0.6) is 0 Å². The summed E-state index contributed by atoms with van der Waals surface area (Å²) >= 11 is 0. The Morgan fingerprint density at radius 1 is 1.47 bits per heavy atom. The molecular weight excluding hydrogens is 264 g/mol. The monoisotopic (exact) mass is 286 g/mol. The van der Waals surface area contributed by atoms with Crippen LogP contribution in [0.2, 0.25) is 0 Å². The van der Waals surface area contributed by atoms with Crippen LogP contribution in [-0.4, -0.2) is 31.1 Å². The average Bonchev–Trinajstić information content (AvgIpc) is 2.88. The van der Waals surface area contributed by atoms with Crippen LogP contribution in [0.15, 0.2) is 22.8 Å². The van der Waals surface area contributed by atoms with Crippen LogP contribution in [0.3, 0.4) is 0 Å².